The molecule has 4 nitrogen and oxygen atoms in total. The van der Waals surface area contributed by atoms with Crippen molar-refractivity contribution < 1.29 is 18.3 Å². The van der Waals surface area contributed by atoms with Crippen molar-refractivity contribution in [1.82, 2.24) is 10.2 Å². The van der Waals surface area contributed by atoms with Gasteiger partial charge in [-0.05, 0) is 63.8 Å². The molecule has 0 saturated carbocycles. The van der Waals surface area contributed by atoms with E-state index >= 15 is 0 Å². The van der Waals surface area contributed by atoms with Crippen LogP contribution in [0.1, 0.15) is 34.5 Å². The second kappa shape index (κ2) is 8.76. The number of hydrogen-bond acceptors (Lipinski definition) is 3. The van der Waals surface area contributed by atoms with E-state index in [2.05, 4.69) is 5.32 Å². The maximum atomic E-state index is 14.1. The second-order valence-corrected chi connectivity index (χ2v) is 6.24. The van der Waals surface area contributed by atoms with Crippen LogP contribution >= 0.6 is 0 Å². The molecule has 6 heteroatoms. The summed E-state index contributed by atoms with van der Waals surface area (Å²) in [7, 11) is 3.42. The molecule has 0 heterocycles. The van der Waals surface area contributed by atoms with E-state index in [1.165, 1.54) is 18.2 Å². The number of ether oxygens (including phenoxy) is 1. The third kappa shape index (κ3) is 4.58. The highest BCUT2D eigenvalue weighted by Crippen LogP contribution is 2.24. The molecular formula is C20H24F2N2O2. The largest absolute Gasteiger partial charge is 0.494 e. The van der Waals surface area contributed by atoms with Crippen molar-refractivity contribution in [2.24, 2.45) is 0 Å². The maximum absolute atomic E-state index is 14.1. The zero-order chi connectivity index (χ0) is 19.3. The average molecular weight is 362 g/mol. The topological polar surface area (TPSA) is 41.6 Å². The van der Waals surface area contributed by atoms with Gasteiger partial charge in [-0.3, -0.25) is 4.79 Å². The minimum Gasteiger partial charge on any atom is -0.494 e. The third-order valence-electron chi connectivity index (χ3n) is 4.15. The highest BCUT2D eigenvalue weighted by molar-refractivity contribution is 5.94. The zero-order valence-corrected chi connectivity index (χ0v) is 15.5. The minimum absolute atomic E-state index is 0.0549. The minimum atomic E-state index is -0.630. The molecular weight excluding hydrogens is 338 g/mol. The fourth-order valence-electron chi connectivity index (χ4n) is 2.77. The SMILES string of the molecule is CCOc1ccc(C(=O)NCC(c2c(F)cccc2F)N(C)C)cc1C. The number of nitrogens with zero attached hydrogens (tertiary/aromatic N) is 1. The summed E-state index contributed by atoms with van der Waals surface area (Å²) in [5, 5.41) is 2.76. The molecule has 1 N–H and O–H groups in total. The first-order valence-electron chi connectivity index (χ1n) is 8.47. The molecule has 0 saturated heterocycles. The number of nitrogens with one attached hydrogen (secondary N) is 1. The van der Waals surface area contributed by atoms with Gasteiger partial charge in [0.1, 0.15) is 17.4 Å². The van der Waals surface area contributed by atoms with E-state index in [0.29, 0.717) is 12.2 Å². The summed E-state index contributed by atoms with van der Waals surface area (Å²) < 4.78 is 33.6. The molecule has 0 radical (unpaired) electrons. The summed E-state index contributed by atoms with van der Waals surface area (Å²) >= 11 is 0. The van der Waals surface area contributed by atoms with Crippen molar-refractivity contribution >= 4 is 5.91 Å². The van der Waals surface area contributed by atoms with Crippen LogP contribution in [0.4, 0.5) is 8.78 Å². The lowest BCUT2D eigenvalue weighted by atomic mass is 10.0. The standard InChI is InChI=1S/C20H24F2N2O2/c1-5-26-18-10-9-14(11-13(18)2)20(25)23-12-17(24(3)4)19-15(21)7-6-8-16(19)22/h6-11,17H,5,12H2,1-4H3,(H,23,25). The van der Waals surface area contributed by atoms with E-state index in [1.54, 1.807) is 37.2 Å². The van der Waals surface area contributed by atoms with E-state index in [-0.39, 0.29) is 18.0 Å². The summed E-state index contributed by atoms with van der Waals surface area (Å²) in [6.45, 7) is 4.38. The number of amides is 1. The lowest BCUT2D eigenvalue weighted by Crippen LogP contribution is -2.35. The molecule has 2 aromatic carbocycles. The molecule has 0 aliphatic rings. The first-order chi connectivity index (χ1) is 12.3. The molecule has 2 rings (SSSR count). The monoisotopic (exact) mass is 362 g/mol. The van der Waals surface area contributed by atoms with Gasteiger partial charge in [0.2, 0.25) is 0 Å². The Morgan fingerprint density at radius 1 is 1.19 bits per heavy atom. The Bertz CT molecular complexity index is 758. The molecule has 0 bridgehead atoms. The number of rotatable bonds is 7. The van der Waals surface area contributed by atoms with Crippen molar-refractivity contribution in [3.05, 3.63) is 64.7 Å². The van der Waals surface area contributed by atoms with Crippen molar-refractivity contribution in [3.63, 3.8) is 0 Å². The maximum Gasteiger partial charge on any atom is 0.251 e. The number of carbonyl (C=O) groups excluding carboxylic acids is 1. The van der Waals surface area contributed by atoms with Crippen LogP contribution in [0, 0.1) is 18.6 Å². The summed E-state index contributed by atoms with van der Waals surface area (Å²) in [5.74, 6) is -0.840. The normalized spacial score (nSPS) is 12.1. The van der Waals surface area contributed by atoms with Gasteiger partial charge in [-0.2, -0.15) is 0 Å². The van der Waals surface area contributed by atoms with Crippen molar-refractivity contribution in [3.8, 4) is 5.75 Å². The van der Waals surface area contributed by atoms with E-state index in [1.807, 2.05) is 13.8 Å². The van der Waals surface area contributed by atoms with Crippen LogP contribution in [0.15, 0.2) is 36.4 Å². The van der Waals surface area contributed by atoms with E-state index in [0.717, 1.165) is 11.3 Å². The predicted octanol–water partition coefficient (Wildman–Crippen LogP) is 3.70. The fraction of sp³-hybridized carbons (Fsp3) is 0.350. The van der Waals surface area contributed by atoms with E-state index in [4.69, 9.17) is 4.74 Å². The average Bonchev–Trinajstić information content (AvgIpc) is 2.58. The Labute approximate surface area is 152 Å². The number of carbonyl (C=O) groups is 1. The molecule has 0 aliphatic carbocycles. The molecule has 26 heavy (non-hydrogen) atoms. The van der Waals surface area contributed by atoms with Gasteiger partial charge in [-0.15, -0.1) is 0 Å². The summed E-state index contributed by atoms with van der Waals surface area (Å²) in [6, 6.07) is 8.27. The van der Waals surface area contributed by atoms with Gasteiger partial charge < -0.3 is 15.0 Å². The van der Waals surface area contributed by atoms with Gasteiger partial charge in [0, 0.05) is 17.7 Å². The molecule has 1 atom stereocenters. The highest BCUT2D eigenvalue weighted by Gasteiger charge is 2.23. The van der Waals surface area contributed by atoms with Crippen LogP contribution in [0.2, 0.25) is 0 Å². The van der Waals surface area contributed by atoms with Crippen molar-refractivity contribution in [1.29, 1.82) is 0 Å². The number of benzene rings is 2. The van der Waals surface area contributed by atoms with Gasteiger partial charge >= 0.3 is 0 Å². The molecule has 0 fully saturated rings. The first kappa shape index (κ1) is 19.8. The van der Waals surface area contributed by atoms with Crippen LogP contribution in [0.5, 0.6) is 5.75 Å². The molecule has 0 spiro atoms. The van der Waals surface area contributed by atoms with E-state index < -0.39 is 17.7 Å². The van der Waals surface area contributed by atoms with Crippen LogP contribution < -0.4 is 10.1 Å². The Hall–Kier alpha value is -2.47. The quantitative estimate of drug-likeness (QED) is 0.817. The molecule has 0 aromatic heterocycles. The predicted molar refractivity (Wildman–Crippen MR) is 97.5 cm³/mol. The van der Waals surface area contributed by atoms with Crippen LogP contribution in [-0.4, -0.2) is 38.1 Å². The lowest BCUT2D eigenvalue weighted by Gasteiger charge is -2.26. The number of halogens is 2. The Morgan fingerprint density at radius 2 is 1.85 bits per heavy atom. The van der Waals surface area contributed by atoms with Crippen LogP contribution in [0.25, 0.3) is 0 Å². The Morgan fingerprint density at radius 3 is 2.38 bits per heavy atom. The van der Waals surface area contributed by atoms with Crippen LogP contribution in [0.3, 0.4) is 0 Å². The molecule has 0 aliphatic heterocycles. The van der Waals surface area contributed by atoms with Gasteiger partial charge in [-0.25, -0.2) is 8.78 Å². The highest BCUT2D eigenvalue weighted by atomic mass is 19.1. The summed E-state index contributed by atoms with van der Waals surface area (Å²) in [4.78, 5) is 14.1. The van der Waals surface area contributed by atoms with Gasteiger partial charge in [0.05, 0.1) is 12.6 Å². The zero-order valence-electron chi connectivity index (χ0n) is 15.5. The first-order valence-corrected chi connectivity index (χ1v) is 8.47. The van der Waals surface area contributed by atoms with Gasteiger partial charge in [0.25, 0.3) is 5.91 Å². The van der Waals surface area contributed by atoms with Crippen molar-refractivity contribution in [2.45, 2.75) is 19.9 Å². The lowest BCUT2D eigenvalue weighted by molar-refractivity contribution is 0.0940. The molecule has 1 unspecified atom stereocenters. The van der Waals surface area contributed by atoms with Crippen LogP contribution in [-0.2, 0) is 0 Å². The Balaban J connectivity index is 2.14. The molecule has 1 amide bonds. The number of hydrogen-bond donors (Lipinski definition) is 1. The number of likely N-dealkylation sites (N-methyl/N-ethyl adjacent to an activating group) is 1. The summed E-state index contributed by atoms with van der Waals surface area (Å²) in [5.41, 5.74) is 1.27. The Kier molecular flexibility index (Phi) is 6.69. The molecule has 140 valence electrons. The van der Waals surface area contributed by atoms with Gasteiger partial charge in [0.15, 0.2) is 0 Å². The second-order valence-electron chi connectivity index (χ2n) is 6.24. The molecule has 2 aromatic rings. The summed E-state index contributed by atoms with van der Waals surface area (Å²) in [6.07, 6.45) is 0. The van der Waals surface area contributed by atoms with Gasteiger partial charge in [-0.1, -0.05) is 6.07 Å². The van der Waals surface area contributed by atoms with Crippen molar-refractivity contribution in [2.75, 3.05) is 27.2 Å². The number of aryl methyl sites for hydroxylation is 1. The van der Waals surface area contributed by atoms with E-state index in [9.17, 15) is 13.6 Å². The smallest absolute Gasteiger partial charge is 0.251 e. The fourth-order valence-corrected chi connectivity index (χ4v) is 2.77. The third-order valence-corrected chi connectivity index (χ3v) is 4.15.